The highest BCUT2D eigenvalue weighted by atomic mass is 16.5. The number of hydrogen-bond acceptors (Lipinski definition) is 3. The standard InChI is InChI=1S/C25H39N3O/c1-2-3-4-5-6-7-8-9-10-11-18-29-23-12-13-25-24(19-23)22(20-27-25)14-16-28-17-15-26-21-28/h12-13,15,17,19,21-22,27H,2-11,14,16,18,20H2,1H3. The van der Waals surface area contributed by atoms with Crippen molar-refractivity contribution in [2.75, 3.05) is 18.5 Å². The lowest BCUT2D eigenvalue weighted by molar-refractivity contribution is 0.304. The molecule has 0 spiro atoms. The number of nitrogens with one attached hydrogen (secondary N) is 1. The topological polar surface area (TPSA) is 39.1 Å². The molecule has 4 heteroatoms. The molecule has 4 nitrogen and oxygen atoms in total. The second-order valence-corrected chi connectivity index (χ2v) is 8.45. The van der Waals surface area contributed by atoms with Crippen LogP contribution >= 0.6 is 0 Å². The summed E-state index contributed by atoms with van der Waals surface area (Å²) < 4.78 is 8.22. The summed E-state index contributed by atoms with van der Waals surface area (Å²) in [6.45, 7) is 5.15. The van der Waals surface area contributed by atoms with Crippen molar-refractivity contribution in [1.29, 1.82) is 0 Å². The van der Waals surface area contributed by atoms with Crippen molar-refractivity contribution in [2.45, 2.75) is 90.0 Å². The highest BCUT2D eigenvalue weighted by Gasteiger charge is 2.22. The Bertz CT molecular complexity index is 683. The first-order valence-corrected chi connectivity index (χ1v) is 11.8. The molecule has 29 heavy (non-hydrogen) atoms. The number of rotatable bonds is 15. The molecule has 0 radical (unpaired) electrons. The van der Waals surface area contributed by atoms with Crippen LogP contribution in [0, 0.1) is 0 Å². The Hall–Kier alpha value is -1.97. The monoisotopic (exact) mass is 397 g/mol. The fourth-order valence-corrected chi connectivity index (χ4v) is 4.23. The average molecular weight is 398 g/mol. The number of fused-ring (bicyclic) bond motifs is 1. The van der Waals surface area contributed by atoms with Gasteiger partial charge in [0, 0.05) is 37.1 Å². The number of imidazole rings is 1. The van der Waals surface area contributed by atoms with Gasteiger partial charge in [0.05, 0.1) is 12.9 Å². The maximum atomic E-state index is 6.06. The molecule has 0 fully saturated rings. The molecule has 2 heterocycles. The summed E-state index contributed by atoms with van der Waals surface area (Å²) in [5.74, 6) is 1.57. The molecule has 0 amide bonds. The Morgan fingerprint density at radius 1 is 1.03 bits per heavy atom. The number of anilines is 1. The molecule has 1 aromatic heterocycles. The van der Waals surface area contributed by atoms with Crippen LogP contribution in [0.2, 0.25) is 0 Å². The van der Waals surface area contributed by atoms with E-state index in [9.17, 15) is 0 Å². The van der Waals surface area contributed by atoms with Gasteiger partial charge in [0.25, 0.3) is 0 Å². The Kier molecular flexibility index (Phi) is 9.41. The Morgan fingerprint density at radius 2 is 1.79 bits per heavy atom. The van der Waals surface area contributed by atoms with E-state index in [1.54, 1.807) is 0 Å². The highest BCUT2D eigenvalue weighted by molar-refractivity contribution is 5.60. The van der Waals surface area contributed by atoms with E-state index in [2.05, 4.69) is 40.0 Å². The fourth-order valence-electron chi connectivity index (χ4n) is 4.23. The van der Waals surface area contributed by atoms with Crippen molar-refractivity contribution in [3.05, 3.63) is 42.5 Å². The summed E-state index contributed by atoms with van der Waals surface area (Å²) in [5, 5.41) is 3.54. The zero-order chi connectivity index (χ0) is 20.2. The molecule has 0 bridgehead atoms. The fraction of sp³-hybridized carbons (Fsp3) is 0.640. The summed E-state index contributed by atoms with van der Waals surface area (Å²) in [6, 6.07) is 6.55. The summed E-state index contributed by atoms with van der Waals surface area (Å²) >= 11 is 0. The van der Waals surface area contributed by atoms with Gasteiger partial charge in [-0.2, -0.15) is 0 Å². The van der Waals surface area contributed by atoms with E-state index in [-0.39, 0.29) is 0 Å². The van der Waals surface area contributed by atoms with E-state index in [4.69, 9.17) is 4.74 Å². The maximum Gasteiger partial charge on any atom is 0.119 e. The lowest BCUT2D eigenvalue weighted by Crippen LogP contribution is -2.06. The van der Waals surface area contributed by atoms with Gasteiger partial charge >= 0.3 is 0 Å². The zero-order valence-corrected chi connectivity index (χ0v) is 18.2. The normalized spacial score (nSPS) is 15.3. The van der Waals surface area contributed by atoms with E-state index < -0.39 is 0 Å². The van der Waals surface area contributed by atoms with Crippen molar-refractivity contribution < 1.29 is 4.74 Å². The van der Waals surface area contributed by atoms with Gasteiger partial charge in [0.2, 0.25) is 0 Å². The Morgan fingerprint density at radius 3 is 2.52 bits per heavy atom. The van der Waals surface area contributed by atoms with E-state index in [1.165, 1.54) is 69.0 Å². The quantitative estimate of drug-likeness (QED) is 0.337. The summed E-state index contributed by atoms with van der Waals surface area (Å²) in [6.07, 6.45) is 20.5. The second-order valence-electron chi connectivity index (χ2n) is 8.45. The van der Waals surface area contributed by atoms with Gasteiger partial charge in [-0.3, -0.25) is 0 Å². The molecule has 0 saturated heterocycles. The van der Waals surface area contributed by atoms with Crippen molar-refractivity contribution >= 4 is 5.69 Å². The summed E-state index contributed by atoms with van der Waals surface area (Å²) in [4.78, 5) is 4.13. The minimum atomic E-state index is 0.549. The lowest BCUT2D eigenvalue weighted by atomic mass is 9.97. The van der Waals surface area contributed by atoms with Crippen LogP contribution in [0.4, 0.5) is 5.69 Å². The van der Waals surface area contributed by atoms with Gasteiger partial charge in [-0.05, 0) is 36.6 Å². The first-order chi connectivity index (χ1) is 14.4. The number of aryl methyl sites for hydroxylation is 1. The van der Waals surface area contributed by atoms with Crippen LogP contribution in [0.15, 0.2) is 36.9 Å². The average Bonchev–Trinajstić information content (AvgIpc) is 3.40. The SMILES string of the molecule is CCCCCCCCCCCCOc1ccc2c(c1)C(CCn1ccnc1)CN2. The molecule has 160 valence electrons. The van der Waals surface area contributed by atoms with E-state index in [0.717, 1.165) is 38.3 Å². The maximum absolute atomic E-state index is 6.06. The molecule has 1 aliphatic heterocycles. The predicted octanol–water partition coefficient (Wildman–Crippen LogP) is 6.78. The summed E-state index contributed by atoms with van der Waals surface area (Å²) in [7, 11) is 0. The molecule has 1 aromatic carbocycles. The number of nitrogens with zero attached hydrogens (tertiary/aromatic N) is 2. The number of benzene rings is 1. The van der Waals surface area contributed by atoms with Crippen LogP contribution in [0.25, 0.3) is 0 Å². The molecule has 1 aliphatic rings. The molecule has 0 aliphatic carbocycles. The molecule has 3 rings (SSSR count). The Balaban J connectivity index is 1.29. The molecule has 2 aromatic rings. The molecular weight excluding hydrogens is 358 g/mol. The van der Waals surface area contributed by atoms with Crippen molar-refractivity contribution in [1.82, 2.24) is 9.55 Å². The van der Waals surface area contributed by atoms with Gasteiger partial charge in [-0.15, -0.1) is 0 Å². The van der Waals surface area contributed by atoms with Crippen molar-refractivity contribution in [2.24, 2.45) is 0 Å². The van der Waals surface area contributed by atoms with Crippen LogP contribution in [-0.4, -0.2) is 22.7 Å². The number of ether oxygens (including phenoxy) is 1. The van der Waals surface area contributed by atoms with Crippen molar-refractivity contribution in [3.8, 4) is 5.75 Å². The van der Waals surface area contributed by atoms with Crippen LogP contribution in [0.1, 0.15) is 89.0 Å². The van der Waals surface area contributed by atoms with E-state index in [1.807, 2.05) is 18.7 Å². The molecule has 1 unspecified atom stereocenters. The predicted molar refractivity (Wildman–Crippen MR) is 122 cm³/mol. The first kappa shape index (κ1) is 21.7. The molecule has 1 N–H and O–H groups in total. The second kappa shape index (κ2) is 12.6. The summed E-state index contributed by atoms with van der Waals surface area (Å²) in [5.41, 5.74) is 2.68. The van der Waals surface area contributed by atoms with Crippen molar-refractivity contribution in [3.63, 3.8) is 0 Å². The zero-order valence-electron chi connectivity index (χ0n) is 18.2. The minimum absolute atomic E-state index is 0.549. The van der Waals surface area contributed by atoms with E-state index >= 15 is 0 Å². The van der Waals surface area contributed by atoms with E-state index in [0.29, 0.717) is 5.92 Å². The third-order valence-electron chi connectivity index (χ3n) is 6.06. The van der Waals surface area contributed by atoms with Gasteiger partial charge in [-0.1, -0.05) is 64.7 Å². The molecule has 1 atom stereocenters. The van der Waals surface area contributed by atoms with Gasteiger partial charge in [-0.25, -0.2) is 4.98 Å². The largest absolute Gasteiger partial charge is 0.494 e. The van der Waals surface area contributed by atoms with Gasteiger partial charge in [0.15, 0.2) is 0 Å². The van der Waals surface area contributed by atoms with Gasteiger partial charge in [0.1, 0.15) is 5.75 Å². The first-order valence-electron chi connectivity index (χ1n) is 11.8. The Labute approximate surface area is 177 Å². The number of hydrogen-bond donors (Lipinski definition) is 1. The van der Waals surface area contributed by atoms with Crippen LogP contribution in [-0.2, 0) is 6.54 Å². The molecule has 0 saturated carbocycles. The third-order valence-corrected chi connectivity index (χ3v) is 6.06. The smallest absolute Gasteiger partial charge is 0.119 e. The van der Waals surface area contributed by atoms with Gasteiger partial charge < -0.3 is 14.6 Å². The third kappa shape index (κ3) is 7.41. The number of aromatic nitrogens is 2. The van der Waals surface area contributed by atoms with Crippen LogP contribution in [0.3, 0.4) is 0 Å². The number of unbranched alkanes of at least 4 members (excludes halogenated alkanes) is 9. The highest BCUT2D eigenvalue weighted by Crippen LogP contribution is 2.36. The van der Waals surface area contributed by atoms with Crippen LogP contribution < -0.4 is 10.1 Å². The van der Waals surface area contributed by atoms with Crippen LogP contribution in [0.5, 0.6) is 5.75 Å². The minimum Gasteiger partial charge on any atom is -0.494 e. The lowest BCUT2D eigenvalue weighted by Gasteiger charge is -2.12. The molecular formula is C25H39N3O.